The molecule has 1 aliphatic heterocycles. The molecular weight excluding hydrogens is 438 g/mol. The topological polar surface area (TPSA) is 113 Å². The van der Waals surface area contributed by atoms with Gasteiger partial charge < -0.3 is 26.5 Å². The van der Waals surface area contributed by atoms with Crippen molar-refractivity contribution in [3.8, 4) is 5.75 Å². The number of nitrogens with two attached hydrogens (primary N) is 1. The third-order valence-electron chi connectivity index (χ3n) is 5.65. The first-order valence-electron chi connectivity index (χ1n) is 11.2. The summed E-state index contributed by atoms with van der Waals surface area (Å²) in [5.41, 5.74) is 9.25. The number of anilines is 1. The number of methoxy groups -OCH3 is 1. The minimum absolute atomic E-state index is 0.0801. The number of benzodiazepines with no additional fused rings is 1. The van der Waals surface area contributed by atoms with Gasteiger partial charge >= 0.3 is 0 Å². The molecule has 1 amide bonds. The van der Waals surface area contributed by atoms with E-state index in [1.54, 1.807) is 14.0 Å². The third-order valence-corrected chi connectivity index (χ3v) is 5.91. The lowest BCUT2D eigenvalue weighted by molar-refractivity contribution is -0.121. The summed E-state index contributed by atoms with van der Waals surface area (Å²) in [6.07, 6.45) is 3.00. The van der Waals surface area contributed by atoms with Gasteiger partial charge in [0.25, 0.3) is 0 Å². The Morgan fingerprint density at radius 2 is 1.97 bits per heavy atom. The molecule has 0 aliphatic carbocycles. The SMILES string of the molecule is COc1ccc2c(c1)C(c1ccc(Cl)cc1)=N[C@@H](CC(=O)NCCCCCN)[C@@H](C(C)=N)N2. The average molecular weight is 470 g/mol. The second kappa shape index (κ2) is 11.8. The van der Waals surface area contributed by atoms with Gasteiger partial charge in [0.1, 0.15) is 5.75 Å². The van der Waals surface area contributed by atoms with Crippen molar-refractivity contribution in [3.63, 3.8) is 0 Å². The molecule has 176 valence electrons. The molecular formula is C25H32ClN5O2. The summed E-state index contributed by atoms with van der Waals surface area (Å²) in [6, 6.07) is 12.3. The van der Waals surface area contributed by atoms with Crippen molar-refractivity contribution in [2.45, 2.75) is 44.7 Å². The molecule has 0 saturated carbocycles. The Kier molecular flexibility index (Phi) is 8.86. The van der Waals surface area contributed by atoms with Gasteiger partial charge in [-0.1, -0.05) is 30.2 Å². The van der Waals surface area contributed by atoms with Crippen LogP contribution in [0.4, 0.5) is 5.69 Å². The molecule has 33 heavy (non-hydrogen) atoms. The normalized spacial score (nSPS) is 17.3. The quantitative estimate of drug-likeness (QED) is 0.311. The fraction of sp³-hybridized carbons (Fsp3) is 0.400. The molecule has 0 spiro atoms. The van der Waals surface area contributed by atoms with Crippen LogP contribution in [0.2, 0.25) is 5.02 Å². The van der Waals surface area contributed by atoms with Crippen LogP contribution in [0.1, 0.15) is 43.7 Å². The Hall–Kier alpha value is -2.90. The minimum atomic E-state index is -0.449. The number of carbonyl (C=O) groups is 1. The molecule has 8 heteroatoms. The van der Waals surface area contributed by atoms with E-state index in [-0.39, 0.29) is 12.3 Å². The summed E-state index contributed by atoms with van der Waals surface area (Å²) >= 11 is 6.11. The van der Waals surface area contributed by atoms with Crippen LogP contribution < -0.4 is 21.1 Å². The lowest BCUT2D eigenvalue weighted by Crippen LogP contribution is -2.41. The zero-order valence-corrected chi connectivity index (χ0v) is 19.9. The van der Waals surface area contributed by atoms with E-state index < -0.39 is 12.1 Å². The highest BCUT2D eigenvalue weighted by molar-refractivity contribution is 6.30. The Bertz CT molecular complexity index is 1010. The molecule has 2 aromatic carbocycles. The number of halogens is 1. The summed E-state index contributed by atoms with van der Waals surface area (Å²) in [5.74, 6) is 0.623. The largest absolute Gasteiger partial charge is 0.497 e. The van der Waals surface area contributed by atoms with E-state index in [0.29, 0.717) is 29.6 Å². The van der Waals surface area contributed by atoms with Crippen LogP contribution in [0.25, 0.3) is 0 Å². The summed E-state index contributed by atoms with van der Waals surface area (Å²) in [6.45, 7) is 3.01. The first kappa shape index (κ1) is 24.7. The smallest absolute Gasteiger partial charge is 0.222 e. The molecule has 3 rings (SSSR count). The predicted octanol–water partition coefficient (Wildman–Crippen LogP) is 4.02. The molecule has 0 fully saturated rings. The highest BCUT2D eigenvalue weighted by atomic mass is 35.5. The van der Waals surface area contributed by atoms with Crippen molar-refractivity contribution in [1.29, 1.82) is 5.41 Å². The molecule has 7 nitrogen and oxygen atoms in total. The fourth-order valence-electron chi connectivity index (χ4n) is 3.88. The van der Waals surface area contributed by atoms with Crippen LogP contribution in [0, 0.1) is 5.41 Å². The molecule has 0 bridgehead atoms. The number of rotatable bonds is 10. The third kappa shape index (κ3) is 6.55. The molecule has 2 atom stereocenters. The van der Waals surface area contributed by atoms with Gasteiger partial charge in [-0.05, 0) is 56.6 Å². The number of carbonyl (C=O) groups excluding carboxylic acids is 1. The van der Waals surface area contributed by atoms with Crippen LogP contribution in [0.5, 0.6) is 5.75 Å². The second-order valence-corrected chi connectivity index (χ2v) is 8.61. The van der Waals surface area contributed by atoms with Crippen LogP contribution in [-0.4, -0.2) is 49.6 Å². The zero-order valence-electron chi connectivity index (χ0n) is 19.2. The van der Waals surface area contributed by atoms with Crippen molar-refractivity contribution in [2.75, 3.05) is 25.5 Å². The highest BCUT2D eigenvalue weighted by Gasteiger charge is 2.31. The lowest BCUT2D eigenvalue weighted by atomic mass is 10.00. The molecule has 1 heterocycles. The lowest BCUT2D eigenvalue weighted by Gasteiger charge is -2.24. The molecule has 5 N–H and O–H groups in total. The van der Waals surface area contributed by atoms with Gasteiger partial charge in [-0.3, -0.25) is 9.79 Å². The highest BCUT2D eigenvalue weighted by Crippen LogP contribution is 2.31. The summed E-state index contributed by atoms with van der Waals surface area (Å²) in [4.78, 5) is 17.8. The van der Waals surface area contributed by atoms with E-state index in [1.807, 2.05) is 42.5 Å². The van der Waals surface area contributed by atoms with Crippen molar-refractivity contribution in [1.82, 2.24) is 5.32 Å². The zero-order chi connectivity index (χ0) is 23.8. The summed E-state index contributed by atoms with van der Waals surface area (Å²) in [5, 5.41) is 15.4. The Morgan fingerprint density at radius 1 is 1.21 bits per heavy atom. The van der Waals surface area contributed by atoms with Crippen LogP contribution in [0.3, 0.4) is 0 Å². The summed E-state index contributed by atoms with van der Waals surface area (Å²) in [7, 11) is 1.62. The maximum atomic E-state index is 12.7. The van der Waals surface area contributed by atoms with Gasteiger partial charge in [0, 0.05) is 34.1 Å². The minimum Gasteiger partial charge on any atom is -0.497 e. The molecule has 0 unspecified atom stereocenters. The van der Waals surface area contributed by atoms with E-state index in [1.165, 1.54) is 0 Å². The number of benzene rings is 2. The maximum absolute atomic E-state index is 12.7. The van der Waals surface area contributed by atoms with Crippen molar-refractivity contribution in [2.24, 2.45) is 10.7 Å². The van der Waals surface area contributed by atoms with Crippen LogP contribution in [0.15, 0.2) is 47.5 Å². The van der Waals surface area contributed by atoms with Gasteiger partial charge in [-0.25, -0.2) is 0 Å². The van der Waals surface area contributed by atoms with E-state index in [4.69, 9.17) is 32.5 Å². The van der Waals surface area contributed by atoms with E-state index >= 15 is 0 Å². The predicted molar refractivity (Wildman–Crippen MR) is 135 cm³/mol. The van der Waals surface area contributed by atoms with Crippen molar-refractivity contribution in [3.05, 3.63) is 58.6 Å². The van der Waals surface area contributed by atoms with Crippen LogP contribution >= 0.6 is 11.6 Å². The Balaban J connectivity index is 1.95. The van der Waals surface area contributed by atoms with Gasteiger partial charge in [-0.2, -0.15) is 0 Å². The van der Waals surface area contributed by atoms with E-state index in [2.05, 4.69) is 10.6 Å². The van der Waals surface area contributed by atoms with E-state index in [0.717, 1.165) is 41.8 Å². The second-order valence-electron chi connectivity index (χ2n) is 8.17. The maximum Gasteiger partial charge on any atom is 0.222 e. The number of ether oxygens (including phenoxy) is 1. The van der Waals surface area contributed by atoms with Crippen LogP contribution in [-0.2, 0) is 4.79 Å². The average Bonchev–Trinajstić information content (AvgIpc) is 2.96. The number of nitrogens with one attached hydrogen (secondary N) is 3. The van der Waals surface area contributed by atoms with Crippen molar-refractivity contribution >= 4 is 34.6 Å². The van der Waals surface area contributed by atoms with Gasteiger partial charge in [-0.15, -0.1) is 0 Å². The van der Waals surface area contributed by atoms with E-state index in [9.17, 15) is 4.79 Å². The fourth-order valence-corrected chi connectivity index (χ4v) is 4.01. The standard InChI is InChI=1S/C25H32ClN5O2/c1-16(28)24-22(15-23(32)29-13-5-3-4-12-27)31-25(17-6-8-18(26)9-7-17)20-14-19(33-2)10-11-21(20)30-24/h6-11,14,22,24,28,30H,3-5,12-13,15,27H2,1-2H3,(H,29,32)/t22-,24+/m0/s1. The monoisotopic (exact) mass is 469 g/mol. The number of hydrogen-bond acceptors (Lipinski definition) is 6. The molecule has 1 aliphatic rings. The van der Waals surface area contributed by atoms with Gasteiger partial charge in [0.15, 0.2) is 0 Å². The Labute approximate surface area is 200 Å². The molecule has 0 aromatic heterocycles. The van der Waals surface area contributed by atoms with Gasteiger partial charge in [0.2, 0.25) is 5.91 Å². The molecule has 2 aromatic rings. The number of unbranched alkanes of at least 4 members (excludes halogenated alkanes) is 2. The molecule has 0 saturated heterocycles. The molecule has 0 radical (unpaired) electrons. The number of fused-ring (bicyclic) bond motifs is 1. The van der Waals surface area contributed by atoms with Crippen molar-refractivity contribution < 1.29 is 9.53 Å². The number of amides is 1. The van der Waals surface area contributed by atoms with Gasteiger partial charge in [0.05, 0.1) is 31.3 Å². The first-order valence-corrected chi connectivity index (χ1v) is 11.6. The first-order chi connectivity index (χ1) is 15.9. The number of hydrogen-bond donors (Lipinski definition) is 4. The Morgan fingerprint density at radius 3 is 2.64 bits per heavy atom. The number of aliphatic imine (C=N–C) groups is 1. The number of nitrogens with zero attached hydrogens (tertiary/aromatic N) is 1. The summed E-state index contributed by atoms with van der Waals surface area (Å²) < 4.78 is 5.44.